The number of aromatic nitrogens is 1. The van der Waals surface area contributed by atoms with E-state index >= 15 is 0 Å². The summed E-state index contributed by atoms with van der Waals surface area (Å²) in [5.74, 6) is 0.0674. The van der Waals surface area contributed by atoms with Crippen LogP contribution in [0.2, 0.25) is 0 Å². The molecule has 0 aliphatic carbocycles. The van der Waals surface area contributed by atoms with Gasteiger partial charge < -0.3 is 26.0 Å². The van der Waals surface area contributed by atoms with Crippen LogP contribution >= 0.6 is 11.3 Å². The van der Waals surface area contributed by atoms with Gasteiger partial charge in [0.05, 0.1) is 29.3 Å². The van der Waals surface area contributed by atoms with Crippen molar-refractivity contribution in [2.45, 2.75) is 6.54 Å². The summed E-state index contributed by atoms with van der Waals surface area (Å²) in [7, 11) is 0. The molecule has 41 heavy (non-hydrogen) atoms. The van der Waals surface area contributed by atoms with Crippen molar-refractivity contribution in [3.8, 4) is 0 Å². The summed E-state index contributed by atoms with van der Waals surface area (Å²) >= 11 is 1.36. The summed E-state index contributed by atoms with van der Waals surface area (Å²) in [6.45, 7) is 4.96. The number of morpholine rings is 1. The van der Waals surface area contributed by atoms with Crippen molar-refractivity contribution in [3.63, 3.8) is 0 Å². The van der Waals surface area contributed by atoms with Gasteiger partial charge in [0.2, 0.25) is 0 Å². The Balaban J connectivity index is 1.16. The van der Waals surface area contributed by atoms with Gasteiger partial charge in [0, 0.05) is 55.7 Å². The van der Waals surface area contributed by atoms with Crippen molar-refractivity contribution in [2.24, 2.45) is 0 Å². The number of carbonyl (C=O) groups excluding carboxylic acids is 1. The summed E-state index contributed by atoms with van der Waals surface area (Å²) in [6, 6.07) is 18.9. The Labute approximate surface area is 241 Å². The Hall–Kier alpha value is -4.52. The Kier molecular flexibility index (Phi) is 9.37. The van der Waals surface area contributed by atoms with Crippen molar-refractivity contribution < 1.29 is 14.5 Å². The van der Waals surface area contributed by atoms with Gasteiger partial charge in [-0.1, -0.05) is 18.2 Å². The molecule has 12 heteroatoms. The second-order valence-corrected chi connectivity index (χ2v) is 10.3. The molecule has 2 aromatic carbocycles. The number of rotatable bonds is 12. The molecule has 4 N–H and O–H groups in total. The summed E-state index contributed by atoms with van der Waals surface area (Å²) in [5.41, 5.74) is 4.04. The van der Waals surface area contributed by atoms with E-state index in [1.54, 1.807) is 30.5 Å². The van der Waals surface area contributed by atoms with Gasteiger partial charge in [-0.15, -0.1) is 11.3 Å². The number of hydrogen-bond donors (Lipinski definition) is 4. The van der Waals surface area contributed by atoms with E-state index in [4.69, 9.17) is 4.74 Å². The first-order valence-corrected chi connectivity index (χ1v) is 14.1. The Bertz CT molecular complexity index is 1510. The number of benzene rings is 2. The number of nitrogens with one attached hydrogen (secondary N) is 4. The topological polar surface area (TPSA) is 134 Å². The monoisotopic (exact) mass is 573 g/mol. The number of fused-ring (bicyclic) bond motifs is 1. The minimum absolute atomic E-state index is 0.221. The van der Waals surface area contributed by atoms with E-state index in [0.717, 1.165) is 48.0 Å². The predicted octanol–water partition coefficient (Wildman–Crippen LogP) is 4.57. The third-order valence-corrected chi connectivity index (χ3v) is 7.50. The van der Waals surface area contributed by atoms with Crippen LogP contribution in [-0.4, -0.2) is 60.1 Å². The molecule has 0 saturated carbocycles. The molecule has 1 saturated heterocycles. The first kappa shape index (κ1) is 28.0. The third kappa shape index (κ3) is 7.78. The van der Waals surface area contributed by atoms with Crippen molar-refractivity contribution in [1.82, 2.24) is 15.2 Å². The number of ether oxygens (including phenoxy) is 1. The fraction of sp³-hybridized carbons (Fsp3) is 0.241. The zero-order valence-electron chi connectivity index (χ0n) is 22.3. The molecule has 1 aliphatic heterocycles. The fourth-order valence-electron chi connectivity index (χ4n) is 4.51. The van der Waals surface area contributed by atoms with Crippen LogP contribution in [0.15, 0.2) is 84.3 Å². The number of amides is 1. The molecular weight excluding hydrogens is 542 g/mol. The minimum Gasteiger partial charge on any atom is -0.380 e. The first-order chi connectivity index (χ1) is 20.0. The number of pyridine rings is 1. The first-order valence-electron chi connectivity index (χ1n) is 13.3. The van der Waals surface area contributed by atoms with Gasteiger partial charge in [0.25, 0.3) is 12.1 Å². The number of nitrogens with zero attached hydrogens (tertiary/aromatic N) is 3. The van der Waals surface area contributed by atoms with E-state index < -0.39 is 4.92 Å². The molecule has 5 rings (SSSR count). The van der Waals surface area contributed by atoms with Gasteiger partial charge in [-0.25, -0.2) is 0 Å². The van der Waals surface area contributed by atoms with Crippen LogP contribution in [0, 0.1) is 10.1 Å². The average Bonchev–Trinajstić information content (AvgIpc) is 3.46. The second kappa shape index (κ2) is 13.7. The molecular formula is C29H31N7O4S. The molecule has 1 amide bonds. The van der Waals surface area contributed by atoms with E-state index in [1.165, 1.54) is 11.3 Å². The zero-order chi connectivity index (χ0) is 28.4. The fourth-order valence-corrected chi connectivity index (χ4v) is 5.27. The highest BCUT2D eigenvalue weighted by atomic mass is 32.1. The molecule has 0 unspecified atom stereocenters. The zero-order valence-corrected chi connectivity index (χ0v) is 23.2. The summed E-state index contributed by atoms with van der Waals surface area (Å²) in [6.07, 6.45) is 2.70. The lowest BCUT2D eigenvalue weighted by atomic mass is 10.1. The average molecular weight is 574 g/mol. The summed E-state index contributed by atoms with van der Waals surface area (Å²) < 4.78 is 5.35. The number of hydrogen-bond acceptors (Lipinski definition) is 10. The van der Waals surface area contributed by atoms with Gasteiger partial charge in [-0.2, -0.15) is 0 Å². The van der Waals surface area contributed by atoms with Gasteiger partial charge >= 0.3 is 0 Å². The van der Waals surface area contributed by atoms with Crippen molar-refractivity contribution in [2.75, 3.05) is 55.3 Å². The lowest BCUT2D eigenvalue weighted by molar-refractivity contribution is -0.403. The van der Waals surface area contributed by atoms with Crippen LogP contribution in [0.1, 0.15) is 15.2 Å². The Morgan fingerprint density at radius 1 is 1.05 bits per heavy atom. The van der Waals surface area contributed by atoms with Crippen molar-refractivity contribution in [3.05, 3.63) is 105 Å². The molecule has 3 heterocycles. The van der Waals surface area contributed by atoms with E-state index in [0.29, 0.717) is 42.6 Å². The molecule has 11 nitrogen and oxygen atoms in total. The van der Waals surface area contributed by atoms with Crippen LogP contribution in [0.5, 0.6) is 0 Å². The standard InChI is InChI=1S/C29H31N7O4S/c37-29(28-26(10-18-41-28)32-19-21-9-11-30-25-4-2-1-3-24(21)25)34-23-7-5-22(6-8-23)33-27(20-36(38)39)31-12-13-35-14-16-40-17-15-35/h1-11,18,20,31-33H,12-17,19H2,(H,34,37)/b27-20+. The Morgan fingerprint density at radius 2 is 1.80 bits per heavy atom. The lowest BCUT2D eigenvalue weighted by Crippen LogP contribution is -2.40. The molecule has 212 valence electrons. The predicted molar refractivity (Wildman–Crippen MR) is 162 cm³/mol. The number of anilines is 3. The SMILES string of the molecule is O=C(Nc1ccc(N/C(=C/[N+](=O)[O-])NCCN2CCOCC2)cc1)c1sccc1NCc1ccnc2ccccc12. The van der Waals surface area contributed by atoms with E-state index in [2.05, 4.69) is 31.2 Å². The number of thiophene rings is 1. The molecule has 0 spiro atoms. The molecule has 1 aliphatic rings. The van der Waals surface area contributed by atoms with Crippen molar-refractivity contribution >= 4 is 45.2 Å². The lowest BCUT2D eigenvalue weighted by Gasteiger charge is -2.26. The quantitative estimate of drug-likeness (QED) is 0.142. The largest absolute Gasteiger partial charge is 0.380 e. The van der Waals surface area contributed by atoms with Crippen LogP contribution < -0.4 is 21.3 Å². The maximum Gasteiger partial charge on any atom is 0.274 e. The second-order valence-electron chi connectivity index (χ2n) is 9.37. The molecule has 0 radical (unpaired) electrons. The van der Waals surface area contributed by atoms with Gasteiger partial charge in [0.15, 0.2) is 5.82 Å². The molecule has 1 fully saturated rings. The molecule has 2 aromatic heterocycles. The van der Waals surface area contributed by atoms with Crippen LogP contribution in [0.4, 0.5) is 17.1 Å². The van der Waals surface area contributed by atoms with E-state index in [-0.39, 0.29) is 11.7 Å². The number of carbonyl (C=O) groups is 1. The van der Waals surface area contributed by atoms with Gasteiger partial charge in [-0.05, 0) is 53.4 Å². The normalized spacial score (nSPS) is 14.0. The molecule has 4 aromatic rings. The van der Waals surface area contributed by atoms with Crippen LogP contribution in [0.25, 0.3) is 10.9 Å². The van der Waals surface area contributed by atoms with Crippen LogP contribution in [0.3, 0.4) is 0 Å². The maximum atomic E-state index is 13.1. The van der Waals surface area contributed by atoms with Crippen molar-refractivity contribution in [1.29, 1.82) is 0 Å². The van der Waals surface area contributed by atoms with Gasteiger partial charge in [-0.3, -0.25) is 24.8 Å². The minimum atomic E-state index is -0.498. The van der Waals surface area contributed by atoms with E-state index in [1.807, 2.05) is 41.8 Å². The van der Waals surface area contributed by atoms with Crippen LogP contribution in [-0.2, 0) is 11.3 Å². The summed E-state index contributed by atoms with van der Waals surface area (Å²) in [5, 5.41) is 26.6. The summed E-state index contributed by atoms with van der Waals surface area (Å²) in [4.78, 5) is 30.9. The van der Waals surface area contributed by atoms with Gasteiger partial charge in [0.1, 0.15) is 4.88 Å². The third-order valence-electron chi connectivity index (χ3n) is 6.58. The molecule has 0 bridgehead atoms. The highest BCUT2D eigenvalue weighted by Gasteiger charge is 2.15. The number of nitro groups is 1. The molecule has 0 atom stereocenters. The maximum absolute atomic E-state index is 13.1. The Morgan fingerprint density at radius 3 is 2.59 bits per heavy atom. The smallest absolute Gasteiger partial charge is 0.274 e. The number of para-hydroxylation sites is 1. The highest BCUT2D eigenvalue weighted by Crippen LogP contribution is 2.26. The van der Waals surface area contributed by atoms with E-state index in [9.17, 15) is 14.9 Å². The highest BCUT2D eigenvalue weighted by molar-refractivity contribution is 7.12.